The van der Waals surface area contributed by atoms with E-state index in [2.05, 4.69) is 36.6 Å². The summed E-state index contributed by atoms with van der Waals surface area (Å²) in [7, 11) is -1.58. The van der Waals surface area contributed by atoms with Crippen LogP contribution in [0.5, 0.6) is 11.5 Å². The minimum Gasteiger partial charge on any atom is -0.497 e. The van der Waals surface area contributed by atoms with Crippen LogP contribution in [0, 0.1) is 0 Å². The third-order valence-electron chi connectivity index (χ3n) is 2.96. The fraction of sp³-hybridized carbons (Fsp3) is 0.133. The van der Waals surface area contributed by atoms with Crippen molar-refractivity contribution in [1.82, 2.24) is 0 Å². The number of ether oxygens (including phenoxy) is 2. The van der Waals surface area contributed by atoms with Crippen molar-refractivity contribution in [1.29, 1.82) is 0 Å². The number of carbonyl (C=O) groups excluding carboxylic acids is 1. The third-order valence-corrected chi connectivity index (χ3v) is 5.66. The second kappa shape index (κ2) is 7.54. The van der Waals surface area contributed by atoms with Crippen molar-refractivity contribution in [2.24, 2.45) is 0 Å². The molecule has 0 aliphatic carbocycles. The Morgan fingerprint density at radius 1 is 1.04 bits per heavy atom. The molecule has 0 saturated heterocycles. The molecule has 0 aliphatic heterocycles. The lowest BCUT2D eigenvalue weighted by Gasteiger charge is -2.12. The molecule has 6 nitrogen and oxygen atoms in total. The Kier molecular flexibility index (Phi) is 5.89. The smallest absolute Gasteiger partial charge is 0.341 e. The molecule has 0 bridgehead atoms. The van der Waals surface area contributed by atoms with Crippen LogP contribution in [0.4, 0.5) is 0 Å². The lowest BCUT2D eigenvalue weighted by molar-refractivity contribution is 0.0599. The maximum Gasteiger partial charge on any atom is 0.341 e. The molecule has 2 aromatic rings. The van der Waals surface area contributed by atoms with E-state index >= 15 is 0 Å². The number of methoxy groups -OCH3 is 2. The van der Waals surface area contributed by atoms with E-state index in [1.807, 2.05) is 0 Å². The standard InChI is InChI=1S/C15H12Br2O6S/c1-21-10-4-5-11(15(18)22-2)13(8-10)23-24(19,20)14-6-3-9(16)7-12(14)17/h3-8H,1-2H3. The molecule has 0 N–H and O–H groups in total. The summed E-state index contributed by atoms with van der Waals surface area (Å²) in [5.41, 5.74) is -0.0323. The first-order valence-electron chi connectivity index (χ1n) is 6.44. The van der Waals surface area contributed by atoms with E-state index in [9.17, 15) is 13.2 Å². The van der Waals surface area contributed by atoms with Crippen molar-refractivity contribution in [3.8, 4) is 11.5 Å². The number of esters is 1. The van der Waals surface area contributed by atoms with Crippen LogP contribution in [0.15, 0.2) is 50.2 Å². The highest BCUT2D eigenvalue weighted by Gasteiger charge is 2.24. The molecular weight excluding hydrogens is 468 g/mol. The predicted octanol–water partition coefficient (Wildman–Crippen LogP) is 3.77. The van der Waals surface area contributed by atoms with Gasteiger partial charge in [0.05, 0.1) is 14.2 Å². The number of hydrogen-bond acceptors (Lipinski definition) is 6. The minimum absolute atomic E-state index is 0.0323. The molecule has 0 aromatic heterocycles. The average molecular weight is 480 g/mol. The zero-order valence-corrected chi connectivity index (χ0v) is 16.6. The maximum absolute atomic E-state index is 12.5. The number of benzene rings is 2. The van der Waals surface area contributed by atoms with Crippen LogP contribution >= 0.6 is 31.9 Å². The van der Waals surface area contributed by atoms with Crippen molar-refractivity contribution in [3.05, 3.63) is 50.9 Å². The zero-order valence-electron chi connectivity index (χ0n) is 12.6. The van der Waals surface area contributed by atoms with Gasteiger partial charge in [-0.25, -0.2) is 4.79 Å². The van der Waals surface area contributed by atoms with Crippen molar-refractivity contribution < 1.29 is 26.9 Å². The van der Waals surface area contributed by atoms with Gasteiger partial charge < -0.3 is 13.7 Å². The average Bonchev–Trinajstić information content (AvgIpc) is 2.53. The topological polar surface area (TPSA) is 78.9 Å². The van der Waals surface area contributed by atoms with Crippen molar-refractivity contribution in [2.45, 2.75) is 4.90 Å². The quantitative estimate of drug-likeness (QED) is 0.479. The number of halogens is 2. The molecule has 0 amide bonds. The largest absolute Gasteiger partial charge is 0.497 e. The van der Waals surface area contributed by atoms with Crippen LogP contribution in [0.2, 0.25) is 0 Å². The van der Waals surface area contributed by atoms with Gasteiger partial charge >= 0.3 is 16.1 Å². The Bertz CT molecular complexity index is 880. The highest BCUT2D eigenvalue weighted by atomic mass is 79.9. The van der Waals surface area contributed by atoms with Gasteiger partial charge in [-0.15, -0.1) is 0 Å². The minimum atomic E-state index is -4.18. The van der Waals surface area contributed by atoms with Gasteiger partial charge in [-0.1, -0.05) is 15.9 Å². The highest BCUT2D eigenvalue weighted by molar-refractivity contribution is 9.11. The normalized spacial score (nSPS) is 11.0. The fourth-order valence-corrected chi connectivity index (χ4v) is 4.46. The van der Waals surface area contributed by atoms with E-state index in [0.717, 1.165) is 0 Å². The Balaban J connectivity index is 2.50. The van der Waals surface area contributed by atoms with Gasteiger partial charge in [0.2, 0.25) is 0 Å². The second-order valence-corrected chi connectivity index (χ2v) is 7.75. The van der Waals surface area contributed by atoms with Gasteiger partial charge in [-0.05, 0) is 46.3 Å². The molecule has 0 spiro atoms. The van der Waals surface area contributed by atoms with Crippen LogP contribution in [0.1, 0.15) is 10.4 Å². The number of hydrogen-bond donors (Lipinski definition) is 0. The lowest BCUT2D eigenvalue weighted by atomic mass is 10.2. The molecule has 0 atom stereocenters. The molecule has 0 radical (unpaired) electrons. The number of carbonyl (C=O) groups is 1. The van der Waals surface area contributed by atoms with Crippen molar-refractivity contribution in [3.63, 3.8) is 0 Å². The van der Waals surface area contributed by atoms with Crippen LogP contribution in [0.3, 0.4) is 0 Å². The first kappa shape index (κ1) is 18.8. The van der Waals surface area contributed by atoms with Gasteiger partial charge in [0.25, 0.3) is 0 Å². The fourth-order valence-electron chi connectivity index (χ4n) is 1.82. The molecule has 2 rings (SSSR count). The summed E-state index contributed by atoms with van der Waals surface area (Å²) in [5.74, 6) is -0.573. The Morgan fingerprint density at radius 3 is 2.33 bits per heavy atom. The molecule has 128 valence electrons. The van der Waals surface area contributed by atoms with Crippen molar-refractivity contribution >= 4 is 47.9 Å². The summed E-state index contributed by atoms with van der Waals surface area (Å²) in [4.78, 5) is 11.7. The SMILES string of the molecule is COC(=O)c1ccc(OC)cc1OS(=O)(=O)c1ccc(Br)cc1Br. The van der Waals surface area contributed by atoms with Gasteiger partial charge in [-0.2, -0.15) is 8.42 Å². The van der Waals surface area contributed by atoms with E-state index in [1.165, 1.54) is 38.5 Å². The Hall–Kier alpha value is -1.58. The molecule has 0 unspecified atom stereocenters. The van der Waals surface area contributed by atoms with Gasteiger partial charge in [0, 0.05) is 15.0 Å². The zero-order chi connectivity index (χ0) is 17.9. The summed E-state index contributed by atoms with van der Waals surface area (Å²) in [6, 6.07) is 8.68. The molecule has 2 aromatic carbocycles. The van der Waals surface area contributed by atoms with E-state index < -0.39 is 16.1 Å². The van der Waals surface area contributed by atoms with Crippen LogP contribution in [0.25, 0.3) is 0 Å². The molecule has 0 fully saturated rings. The molecule has 0 saturated carbocycles. The summed E-state index contributed by atoms with van der Waals surface area (Å²) in [6.45, 7) is 0. The Morgan fingerprint density at radius 2 is 1.75 bits per heavy atom. The van der Waals surface area contributed by atoms with Crippen molar-refractivity contribution in [2.75, 3.05) is 14.2 Å². The second-order valence-electron chi connectivity index (χ2n) is 4.47. The van der Waals surface area contributed by atoms with Gasteiger partial charge in [-0.3, -0.25) is 0 Å². The summed E-state index contributed by atoms with van der Waals surface area (Å²) in [5, 5.41) is 0. The first-order valence-corrected chi connectivity index (χ1v) is 9.44. The molecule has 24 heavy (non-hydrogen) atoms. The summed E-state index contributed by atoms with van der Waals surface area (Å²) >= 11 is 6.43. The van der Waals surface area contributed by atoms with E-state index in [1.54, 1.807) is 12.1 Å². The first-order chi connectivity index (χ1) is 11.3. The number of rotatable bonds is 5. The Labute approximate surface area is 156 Å². The van der Waals surface area contributed by atoms with Crippen LogP contribution in [-0.2, 0) is 14.9 Å². The molecular formula is C15H12Br2O6S. The molecule has 9 heteroatoms. The summed E-state index contributed by atoms with van der Waals surface area (Å²) in [6.07, 6.45) is 0. The molecule has 0 aliphatic rings. The highest BCUT2D eigenvalue weighted by Crippen LogP contribution is 2.31. The summed E-state index contributed by atoms with van der Waals surface area (Å²) < 4.78 is 40.9. The molecule has 0 heterocycles. The van der Waals surface area contributed by atoms with Crippen LogP contribution < -0.4 is 8.92 Å². The van der Waals surface area contributed by atoms with Gasteiger partial charge in [0.1, 0.15) is 16.2 Å². The predicted molar refractivity (Wildman–Crippen MR) is 94.0 cm³/mol. The van der Waals surface area contributed by atoms with Crippen LogP contribution in [-0.4, -0.2) is 28.6 Å². The lowest BCUT2D eigenvalue weighted by Crippen LogP contribution is -2.13. The maximum atomic E-state index is 12.5. The monoisotopic (exact) mass is 478 g/mol. The third kappa shape index (κ3) is 4.08. The van der Waals surface area contributed by atoms with Gasteiger partial charge in [0.15, 0.2) is 5.75 Å². The van der Waals surface area contributed by atoms with E-state index in [0.29, 0.717) is 14.7 Å². The van der Waals surface area contributed by atoms with E-state index in [4.69, 9.17) is 8.92 Å². The van der Waals surface area contributed by atoms with E-state index in [-0.39, 0.29) is 16.2 Å².